The highest BCUT2D eigenvalue weighted by Gasteiger charge is 2.10. The van der Waals surface area contributed by atoms with Crippen LogP contribution in [0.2, 0.25) is 0 Å². The average molecular weight is 307 g/mol. The molecule has 4 nitrogen and oxygen atoms in total. The average Bonchev–Trinajstić information content (AvgIpc) is 2.45. The summed E-state index contributed by atoms with van der Waals surface area (Å²) in [5, 5.41) is 2.90. The van der Waals surface area contributed by atoms with E-state index >= 15 is 0 Å². The Kier molecular flexibility index (Phi) is 6.18. The van der Waals surface area contributed by atoms with E-state index in [-0.39, 0.29) is 18.3 Å². The van der Waals surface area contributed by atoms with Gasteiger partial charge in [0, 0.05) is 30.1 Å². The molecule has 2 rings (SSSR count). The van der Waals surface area contributed by atoms with Crippen molar-refractivity contribution in [2.24, 2.45) is 0 Å². The van der Waals surface area contributed by atoms with Crippen LogP contribution in [-0.2, 0) is 6.54 Å². The van der Waals surface area contributed by atoms with Crippen molar-refractivity contribution < 1.29 is 9.53 Å². The molecular formula is C16H19ClN2O2. The van der Waals surface area contributed by atoms with E-state index in [1.165, 1.54) is 0 Å². The maximum absolute atomic E-state index is 12.0. The van der Waals surface area contributed by atoms with Crippen molar-refractivity contribution >= 4 is 18.3 Å². The van der Waals surface area contributed by atoms with Gasteiger partial charge < -0.3 is 10.1 Å². The highest BCUT2D eigenvalue weighted by Crippen LogP contribution is 2.24. The molecule has 0 unspecified atom stereocenters. The van der Waals surface area contributed by atoms with Crippen molar-refractivity contribution in [3.63, 3.8) is 0 Å². The summed E-state index contributed by atoms with van der Waals surface area (Å²) in [6.45, 7) is 4.47. The van der Waals surface area contributed by atoms with E-state index < -0.39 is 0 Å². The quantitative estimate of drug-likeness (QED) is 0.944. The molecule has 0 atom stereocenters. The van der Waals surface area contributed by atoms with E-state index in [9.17, 15) is 4.79 Å². The second-order valence-corrected chi connectivity index (χ2v) is 4.69. The smallest absolute Gasteiger partial charge is 0.251 e. The van der Waals surface area contributed by atoms with Gasteiger partial charge in [0.1, 0.15) is 5.75 Å². The molecule has 1 aromatic heterocycles. The predicted molar refractivity (Wildman–Crippen MR) is 85.1 cm³/mol. The van der Waals surface area contributed by atoms with Gasteiger partial charge in [-0.25, -0.2) is 0 Å². The minimum atomic E-state index is -0.117. The van der Waals surface area contributed by atoms with Gasteiger partial charge in [0.25, 0.3) is 5.91 Å². The summed E-state index contributed by atoms with van der Waals surface area (Å²) in [7, 11) is 1.64. The number of halogens is 1. The zero-order valence-electron chi connectivity index (χ0n) is 12.3. The van der Waals surface area contributed by atoms with E-state index in [0.717, 1.165) is 22.4 Å². The van der Waals surface area contributed by atoms with Gasteiger partial charge in [-0.3, -0.25) is 9.78 Å². The van der Waals surface area contributed by atoms with Crippen molar-refractivity contribution in [2.45, 2.75) is 20.4 Å². The fraction of sp³-hybridized carbons (Fsp3) is 0.250. The topological polar surface area (TPSA) is 51.2 Å². The fourth-order valence-corrected chi connectivity index (χ4v) is 2.25. The molecule has 1 heterocycles. The van der Waals surface area contributed by atoms with Crippen LogP contribution >= 0.6 is 12.4 Å². The van der Waals surface area contributed by atoms with E-state index in [1.807, 2.05) is 19.9 Å². The van der Waals surface area contributed by atoms with Gasteiger partial charge in [-0.2, -0.15) is 0 Å². The molecule has 0 saturated heterocycles. The third-order valence-electron chi connectivity index (χ3n) is 3.08. The summed E-state index contributed by atoms with van der Waals surface area (Å²) in [6, 6.07) is 7.47. The Morgan fingerprint density at radius 2 is 1.90 bits per heavy atom. The molecular weight excluding hydrogens is 288 g/mol. The Balaban J connectivity index is 0.00000220. The number of benzene rings is 1. The van der Waals surface area contributed by atoms with Crippen molar-refractivity contribution in [3.05, 3.63) is 58.9 Å². The number of pyridine rings is 1. The number of nitrogens with one attached hydrogen (secondary N) is 1. The molecule has 2 aromatic rings. The number of carbonyl (C=O) groups excluding carboxylic acids is 1. The SMILES string of the molecule is COc1c(C)cc(C)cc1CNC(=O)c1ccncc1.Cl. The Hall–Kier alpha value is -2.07. The van der Waals surface area contributed by atoms with Crippen LogP contribution in [0.25, 0.3) is 0 Å². The molecule has 1 amide bonds. The van der Waals surface area contributed by atoms with Crippen molar-refractivity contribution in [1.29, 1.82) is 0 Å². The molecule has 0 aliphatic rings. The lowest BCUT2D eigenvalue weighted by Crippen LogP contribution is -2.23. The fourth-order valence-electron chi connectivity index (χ4n) is 2.25. The number of hydrogen-bond acceptors (Lipinski definition) is 3. The van der Waals surface area contributed by atoms with Gasteiger partial charge in [-0.15, -0.1) is 12.4 Å². The van der Waals surface area contributed by atoms with Crippen LogP contribution in [0.15, 0.2) is 36.7 Å². The van der Waals surface area contributed by atoms with Gasteiger partial charge in [0.05, 0.1) is 7.11 Å². The number of hydrogen-bond donors (Lipinski definition) is 1. The molecule has 112 valence electrons. The third kappa shape index (κ3) is 4.20. The van der Waals surface area contributed by atoms with Crippen LogP contribution in [0.4, 0.5) is 0 Å². The third-order valence-corrected chi connectivity index (χ3v) is 3.08. The summed E-state index contributed by atoms with van der Waals surface area (Å²) in [6.07, 6.45) is 3.21. The summed E-state index contributed by atoms with van der Waals surface area (Å²) in [5.74, 6) is 0.708. The molecule has 5 heteroatoms. The molecule has 1 N–H and O–H groups in total. The number of rotatable bonds is 4. The number of ether oxygens (including phenoxy) is 1. The summed E-state index contributed by atoms with van der Waals surface area (Å²) < 4.78 is 5.41. The maximum atomic E-state index is 12.0. The van der Waals surface area contributed by atoms with Crippen LogP contribution in [0, 0.1) is 13.8 Å². The van der Waals surface area contributed by atoms with Crippen LogP contribution < -0.4 is 10.1 Å². The lowest BCUT2D eigenvalue weighted by Gasteiger charge is -2.13. The number of aromatic nitrogens is 1. The lowest BCUT2D eigenvalue weighted by atomic mass is 10.1. The number of nitrogens with zero attached hydrogens (tertiary/aromatic N) is 1. The van der Waals surface area contributed by atoms with Crippen LogP contribution in [0.5, 0.6) is 5.75 Å². The number of methoxy groups -OCH3 is 1. The number of aryl methyl sites for hydroxylation is 2. The minimum absolute atomic E-state index is 0. The van der Waals surface area contributed by atoms with Crippen LogP contribution in [0.1, 0.15) is 27.0 Å². The molecule has 0 aliphatic carbocycles. The largest absolute Gasteiger partial charge is 0.496 e. The van der Waals surface area contributed by atoms with Crippen molar-refractivity contribution in [2.75, 3.05) is 7.11 Å². The molecule has 0 fully saturated rings. The highest BCUT2D eigenvalue weighted by atomic mass is 35.5. The Morgan fingerprint density at radius 3 is 2.52 bits per heavy atom. The Bertz CT molecular complexity index is 615. The van der Waals surface area contributed by atoms with Gasteiger partial charge in [0.2, 0.25) is 0 Å². The summed E-state index contributed by atoms with van der Waals surface area (Å²) in [4.78, 5) is 15.9. The molecule has 21 heavy (non-hydrogen) atoms. The number of carbonyl (C=O) groups is 1. The van der Waals surface area contributed by atoms with Gasteiger partial charge in [-0.1, -0.05) is 17.7 Å². The van der Waals surface area contributed by atoms with E-state index in [0.29, 0.717) is 12.1 Å². The zero-order valence-corrected chi connectivity index (χ0v) is 13.2. The van der Waals surface area contributed by atoms with Crippen molar-refractivity contribution in [3.8, 4) is 5.75 Å². The van der Waals surface area contributed by atoms with E-state index in [1.54, 1.807) is 31.6 Å². The van der Waals surface area contributed by atoms with Crippen LogP contribution in [0.3, 0.4) is 0 Å². The second kappa shape index (κ2) is 7.64. The zero-order chi connectivity index (χ0) is 14.5. The number of amides is 1. The standard InChI is InChI=1S/C16H18N2O2.ClH/c1-11-8-12(2)15(20-3)14(9-11)10-18-16(19)13-4-6-17-7-5-13;/h4-9H,10H2,1-3H3,(H,18,19);1H. The Morgan fingerprint density at radius 1 is 1.24 bits per heavy atom. The first-order valence-corrected chi connectivity index (χ1v) is 6.44. The normalized spacial score (nSPS) is 9.67. The first-order chi connectivity index (χ1) is 9.61. The summed E-state index contributed by atoms with van der Waals surface area (Å²) >= 11 is 0. The Labute approximate surface area is 131 Å². The molecule has 0 saturated carbocycles. The molecule has 0 aliphatic heterocycles. The molecule has 0 bridgehead atoms. The van der Waals surface area contributed by atoms with Gasteiger partial charge in [-0.05, 0) is 31.5 Å². The van der Waals surface area contributed by atoms with Gasteiger partial charge in [0.15, 0.2) is 0 Å². The first-order valence-electron chi connectivity index (χ1n) is 6.44. The maximum Gasteiger partial charge on any atom is 0.251 e. The predicted octanol–water partition coefficient (Wildman–Crippen LogP) is 3.06. The highest BCUT2D eigenvalue weighted by molar-refractivity contribution is 5.93. The molecule has 0 radical (unpaired) electrons. The van der Waals surface area contributed by atoms with E-state index in [4.69, 9.17) is 4.74 Å². The summed E-state index contributed by atoms with van der Waals surface area (Å²) in [5.41, 5.74) is 3.80. The first kappa shape index (κ1) is 17.0. The lowest BCUT2D eigenvalue weighted by molar-refractivity contribution is 0.0950. The van der Waals surface area contributed by atoms with Gasteiger partial charge >= 0.3 is 0 Å². The molecule has 1 aromatic carbocycles. The minimum Gasteiger partial charge on any atom is -0.496 e. The molecule has 0 spiro atoms. The van der Waals surface area contributed by atoms with E-state index in [2.05, 4.69) is 16.4 Å². The monoisotopic (exact) mass is 306 g/mol. The van der Waals surface area contributed by atoms with Crippen LogP contribution in [-0.4, -0.2) is 18.0 Å². The second-order valence-electron chi connectivity index (χ2n) is 4.69. The van der Waals surface area contributed by atoms with Crippen molar-refractivity contribution in [1.82, 2.24) is 10.3 Å².